The molecule has 6 heteroatoms. The number of benzene rings is 1. The Morgan fingerprint density at radius 1 is 1.32 bits per heavy atom. The summed E-state index contributed by atoms with van der Waals surface area (Å²) in [5.74, 6) is 1.26. The molecule has 0 spiro atoms. The molecule has 0 radical (unpaired) electrons. The van der Waals surface area contributed by atoms with E-state index < -0.39 is 0 Å². The van der Waals surface area contributed by atoms with Gasteiger partial charge in [0.25, 0.3) is 0 Å². The second kappa shape index (κ2) is 7.94. The Hall–Kier alpha value is -1.97. The van der Waals surface area contributed by atoms with E-state index in [1.54, 1.807) is 24.4 Å². The summed E-state index contributed by atoms with van der Waals surface area (Å²) >= 11 is 3.20. The van der Waals surface area contributed by atoms with Crippen LogP contribution in [0.4, 0.5) is 10.2 Å². The molecule has 1 unspecified atom stereocenters. The predicted molar refractivity (Wildman–Crippen MR) is 99.8 cm³/mol. The quantitative estimate of drug-likeness (QED) is 0.843. The zero-order valence-electron chi connectivity index (χ0n) is 13.8. The van der Waals surface area contributed by atoms with Gasteiger partial charge in [-0.05, 0) is 77.0 Å². The molecule has 4 nitrogen and oxygen atoms in total. The van der Waals surface area contributed by atoms with Crippen molar-refractivity contribution in [3.05, 3.63) is 57.9 Å². The van der Waals surface area contributed by atoms with Crippen molar-refractivity contribution >= 4 is 21.7 Å². The van der Waals surface area contributed by atoms with E-state index in [2.05, 4.69) is 31.9 Å². The van der Waals surface area contributed by atoms with E-state index >= 15 is 0 Å². The van der Waals surface area contributed by atoms with Crippen molar-refractivity contribution in [2.45, 2.75) is 18.8 Å². The van der Waals surface area contributed by atoms with Crippen molar-refractivity contribution in [3.63, 3.8) is 0 Å². The van der Waals surface area contributed by atoms with Crippen LogP contribution in [0.5, 0.6) is 0 Å². The highest BCUT2D eigenvalue weighted by molar-refractivity contribution is 9.10. The fourth-order valence-corrected chi connectivity index (χ4v) is 3.76. The first kappa shape index (κ1) is 17.8. The van der Waals surface area contributed by atoms with Crippen LogP contribution in [0.3, 0.4) is 0 Å². The number of aromatic nitrogens is 1. The van der Waals surface area contributed by atoms with Gasteiger partial charge in [0.2, 0.25) is 0 Å². The molecule has 25 heavy (non-hydrogen) atoms. The monoisotopic (exact) mass is 402 g/mol. The highest BCUT2D eigenvalue weighted by Crippen LogP contribution is 2.34. The Bertz CT molecular complexity index is 764. The minimum Gasteiger partial charge on any atom is -0.357 e. The molecule has 1 aromatic carbocycles. The molecule has 2 heterocycles. The van der Waals surface area contributed by atoms with Crippen LogP contribution >= 0.6 is 15.9 Å². The summed E-state index contributed by atoms with van der Waals surface area (Å²) < 4.78 is 14.3. The van der Waals surface area contributed by atoms with Gasteiger partial charge in [0, 0.05) is 19.3 Å². The number of pyridine rings is 1. The zero-order chi connectivity index (χ0) is 17.8. The van der Waals surface area contributed by atoms with Crippen molar-refractivity contribution in [2.75, 3.05) is 24.5 Å². The molecule has 0 saturated carbocycles. The molecule has 1 aromatic heterocycles. The molecule has 1 aliphatic rings. The van der Waals surface area contributed by atoms with Gasteiger partial charge in [-0.15, -0.1) is 0 Å². The maximum absolute atomic E-state index is 13.9. The summed E-state index contributed by atoms with van der Waals surface area (Å²) in [5, 5.41) is 8.86. The molecule has 0 bridgehead atoms. The van der Waals surface area contributed by atoms with Crippen LogP contribution in [0.15, 0.2) is 41.0 Å². The Morgan fingerprint density at radius 3 is 2.64 bits per heavy atom. The minimum atomic E-state index is -0.241. The van der Waals surface area contributed by atoms with E-state index in [1.807, 2.05) is 12.1 Å². The van der Waals surface area contributed by atoms with Gasteiger partial charge in [-0.3, -0.25) is 0 Å². The van der Waals surface area contributed by atoms with Gasteiger partial charge < -0.3 is 10.6 Å². The summed E-state index contributed by atoms with van der Waals surface area (Å²) in [5.41, 5.74) is 7.55. The van der Waals surface area contributed by atoms with Crippen LogP contribution in [0.1, 0.15) is 29.9 Å². The molecule has 2 aromatic rings. The third-order valence-electron chi connectivity index (χ3n) is 4.94. The van der Waals surface area contributed by atoms with Gasteiger partial charge in [0.15, 0.2) is 0 Å². The Kier molecular flexibility index (Phi) is 5.67. The van der Waals surface area contributed by atoms with Gasteiger partial charge >= 0.3 is 0 Å². The topological polar surface area (TPSA) is 65.9 Å². The summed E-state index contributed by atoms with van der Waals surface area (Å²) in [6.07, 6.45) is 3.58. The number of hydrogen-bond acceptors (Lipinski definition) is 4. The van der Waals surface area contributed by atoms with Crippen LogP contribution in [0.25, 0.3) is 0 Å². The Labute approximate surface area is 155 Å². The molecular weight excluding hydrogens is 383 g/mol. The van der Waals surface area contributed by atoms with Crippen LogP contribution in [0.2, 0.25) is 0 Å². The number of anilines is 1. The maximum atomic E-state index is 13.9. The van der Waals surface area contributed by atoms with E-state index in [-0.39, 0.29) is 11.7 Å². The molecule has 3 rings (SSSR count). The minimum absolute atomic E-state index is 0.165. The van der Waals surface area contributed by atoms with Gasteiger partial charge in [-0.2, -0.15) is 5.26 Å². The molecular formula is C19H20BrFN4. The lowest BCUT2D eigenvalue weighted by atomic mass is 9.80. The van der Waals surface area contributed by atoms with Gasteiger partial charge in [0.05, 0.1) is 10.0 Å². The summed E-state index contributed by atoms with van der Waals surface area (Å²) in [4.78, 5) is 6.60. The Balaban J connectivity index is 1.67. The summed E-state index contributed by atoms with van der Waals surface area (Å²) in [6.45, 7) is 2.29. The second-order valence-electron chi connectivity index (χ2n) is 6.36. The van der Waals surface area contributed by atoms with Crippen molar-refractivity contribution in [3.8, 4) is 6.07 Å². The summed E-state index contributed by atoms with van der Waals surface area (Å²) in [6, 6.07) is 11.1. The third-order valence-corrected chi connectivity index (χ3v) is 5.58. The van der Waals surface area contributed by atoms with Crippen molar-refractivity contribution in [1.29, 1.82) is 5.26 Å². The van der Waals surface area contributed by atoms with Crippen molar-refractivity contribution in [2.24, 2.45) is 11.7 Å². The van der Waals surface area contributed by atoms with Crippen molar-refractivity contribution in [1.82, 2.24) is 4.98 Å². The van der Waals surface area contributed by atoms with Gasteiger partial charge in [0.1, 0.15) is 17.7 Å². The number of nitrogens with two attached hydrogens (primary N) is 1. The van der Waals surface area contributed by atoms with Crippen LogP contribution in [-0.4, -0.2) is 24.6 Å². The lowest BCUT2D eigenvalue weighted by molar-refractivity contribution is 0.342. The third kappa shape index (κ3) is 4.00. The lowest BCUT2D eigenvalue weighted by Gasteiger charge is -2.36. The van der Waals surface area contributed by atoms with Crippen LogP contribution in [0, 0.1) is 23.1 Å². The largest absolute Gasteiger partial charge is 0.357 e. The highest BCUT2D eigenvalue weighted by atomic mass is 79.9. The van der Waals surface area contributed by atoms with E-state index in [0.29, 0.717) is 22.5 Å². The predicted octanol–water partition coefficient (Wildman–Crippen LogP) is 3.81. The standard InChI is InChI=1S/C19H20BrFN4/c20-17-3-2-15(9-18(17)21)16(11-23)14-5-7-25(8-6-14)19-4-1-13(10-22)12-24-19/h1-4,9,12,14,16H,5-8,11,23H2. The highest BCUT2D eigenvalue weighted by Gasteiger charge is 2.27. The second-order valence-corrected chi connectivity index (χ2v) is 7.21. The van der Waals surface area contributed by atoms with E-state index in [9.17, 15) is 4.39 Å². The molecule has 2 N–H and O–H groups in total. The number of hydrogen-bond donors (Lipinski definition) is 1. The molecule has 0 amide bonds. The fourth-order valence-electron chi connectivity index (χ4n) is 3.51. The summed E-state index contributed by atoms with van der Waals surface area (Å²) in [7, 11) is 0. The number of piperidine rings is 1. The molecule has 1 atom stereocenters. The number of nitriles is 1. The Morgan fingerprint density at radius 2 is 2.08 bits per heavy atom. The van der Waals surface area contributed by atoms with Crippen molar-refractivity contribution < 1.29 is 4.39 Å². The van der Waals surface area contributed by atoms with E-state index in [1.165, 1.54) is 0 Å². The van der Waals surface area contributed by atoms with Gasteiger partial charge in [-0.25, -0.2) is 9.37 Å². The first-order valence-corrected chi connectivity index (χ1v) is 9.17. The normalized spacial score (nSPS) is 16.5. The molecule has 1 aliphatic heterocycles. The first-order valence-electron chi connectivity index (χ1n) is 8.38. The van der Waals surface area contributed by atoms with E-state index in [0.717, 1.165) is 37.3 Å². The van der Waals surface area contributed by atoms with Crippen LogP contribution in [-0.2, 0) is 0 Å². The fraction of sp³-hybridized carbons (Fsp3) is 0.368. The number of nitrogens with zero attached hydrogens (tertiary/aromatic N) is 3. The molecule has 0 aliphatic carbocycles. The SMILES string of the molecule is N#Cc1ccc(N2CCC(C(CN)c3ccc(Br)c(F)c3)CC2)nc1. The number of halogens is 2. The zero-order valence-corrected chi connectivity index (χ0v) is 15.4. The average molecular weight is 403 g/mol. The smallest absolute Gasteiger partial charge is 0.137 e. The molecule has 1 fully saturated rings. The number of rotatable bonds is 4. The van der Waals surface area contributed by atoms with Gasteiger partial charge in [-0.1, -0.05) is 6.07 Å². The molecule has 1 saturated heterocycles. The maximum Gasteiger partial charge on any atom is 0.137 e. The first-order chi connectivity index (χ1) is 12.1. The lowest BCUT2D eigenvalue weighted by Crippen LogP contribution is -2.37. The molecule has 130 valence electrons. The van der Waals surface area contributed by atoms with Crippen LogP contribution < -0.4 is 10.6 Å². The average Bonchev–Trinajstić information content (AvgIpc) is 2.66. The van der Waals surface area contributed by atoms with E-state index in [4.69, 9.17) is 11.0 Å².